The summed E-state index contributed by atoms with van der Waals surface area (Å²) in [5.74, 6) is 0.338. The van der Waals surface area contributed by atoms with Gasteiger partial charge in [-0.3, -0.25) is 9.69 Å². The molecule has 0 unspecified atom stereocenters. The fourth-order valence-corrected chi connectivity index (χ4v) is 4.03. The third kappa shape index (κ3) is 6.89. The molecule has 168 valence electrons. The van der Waals surface area contributed by atoms with Gasteiger partial charge in [0.05, 0.1) is 16.8 Å². The number of hydrogen-bond acceptors (Lipinski definition) is 5. The van der Waals surface area contributed by atoms with Crippen molar-refractivity contribution in [3.8, 4) is 5.75 Å². The second kappa shape index (κ2) is 12.0. The van der Waals surface area contributed by atoms with Gasteiger partial charge in [0.1, 0.15) is 11.6 Å². The lowest BCUT2D eigenvalue weighted by Gasteiger charge is -2.21. The number of ether oxygens (including phenoxy) is 1. The van der Waals surface area contributed by atoms with Gasteiger partial charge in [0.25, 0.3) is 5.91 Å². The zero-order valence-electron chi connectivity index (χ0n) is 18.1. The van der Waals surface area contributed by atoms with Gasteiger partial charge in [-0.05, 0) is 75.9 Å². The van der Waals surface area contributed by atoms with E-state index in [2.05, 4.69) is 16.8 Å². The number of thiazole rings is 1. The minimum absolute atomic E-state index is 0. The van der Waals surface area contributed by atoms with Crippen molar-refractivity contribution in [1.29, 1.82) is 0 Å². The molecule has 0 bridgehead atoms. The van der Waals surface area contributed by atoms with E-state index in [1.165, 1.54) is 23.5 Å². The van der Waals surface area contributed by atoms with Crippen LogP contribution in [0.25, 0.3) is 10.2 Å². The zero-order valence-corrected chi connectivity index (χ0v) is 19.8. The first-order chi connectivity index (χ1) is 14.5. The topological polar surface area (TPSA) is 45.7 Å². The largest absolute Gasteiger partial charge is 0.494 e. The second-order valence-corrected chi connectivity index (χ2v) is 8.46. The van der Waals surface area contributed by atoms with Crippen LogP contribution in [0, 0.1) is 5.82 Å². The first kappa shape index (κ1) is 25.0. The van der Waals surface area contributed by atoms with Crippen LogP contribution >= 0.6 is 23.7 Å². The Hall–Kier alpha value is -2.22. The Labute approximate surface area is 193 Å². The molecule has 0 aliphatic heterocycles. The van der Waals surface area contributed by atoms with Crippen molar-refractivity contribution in [1.82, 2.24) is 9.88 Å². The van der Waals surface area contributed by atoms with Crippen molar-refractivity contribution < 1.29 is 13.9 Å². The number of hydrogen-bond donors (Lipinski definition) is 0. The predicted octanol–water partition coefficient (Wildman–Crippen LogP) is 5.63. The lowest BCUT2D eigenvalue weighted by atomic mass is 10.2. The highest BCUT2D eigenvalue weighted by Gasteiger charge is 2.21. The average molecular weight is 466 g/mol. The van der Waals surface area contributed by atoms with E-state index >= 15 is 0 Å². The van der Waals surface area contributed by atoms with Crippen LogP contribution in [-0.2, 0) is 0 Å². The summed E-state index contributed by atoms with van der Waals surface area (Å²) in [6.45, 7) is 4.18. The van der Waals surface area contributed by atoms with Crippen LogP contribution in [0.1, 0.15) is 36.5 Å². The zero-order chi connectivity index (χ0) is 21.5. The summed E-state index contributed by atoms with van der Waals surface area (Å²) in [6.07, 6.45) is 2.88. The van der Waals surface area contributed by atoms with Crippen LogP contribution in [0.15, 0.2) is 42.5 Å². The van der Waals surface area contributed by atoms with Crippen molar-refractivity contribution in [2.24, 2.45) is 0 Å². The molecule has 2 aromatic carbocycles. The highest BCUT2D eigenvalue weighted by atomic mass is 35.5. The smallest absolute Gasteiger partial charge is 0.260 e. The van der Waals surface area contributed by atoms with Crippen LogP contribution in [0.5, 0.6) is 5.75 Å². The van der Waals surface area contributed by atoms with E-state index in [9.17, 15) is 9.18 Å². The molecular formula is C23H29ClFN3O2S. The molecule has 0 N–H and O–H groups in total. The Kier molecular flexibility index (Phi) is 9.68. The number of benzene rings is 2. The first-order valence-electron chi connectivity index (χ1n) is 10.2. The summed E-state index contributed by atoms with van der Waals surface area (Å²) in [4.78, 5) is 21.7. The molecule has 0 radical (unpaired) electrons. The minimum Gasteiger partial charge on any atom is -0.494 e. The summed E-state index contributed by atoms with van der Waals surface area (Å²) in [5.41, 5.74) is 1.27. The Morgan fingerprint density at radius 1 is 1.10 bits per heavy atom. The standard InChI is InChI=1S/C23H28FN3O2S.ClH/c1-4-5-15-29-19-10-7-17(8-11-19)22(28)27(14-6-13-26(2)3)23-25-20-12-9-18(24)16-21(20)30-23;/h7-12,16H,4-6,13-15H2,1-3H3;1H. The molecule has 1 amide bonds. The van der Waals surface area contributed by atoms with Crippen LogP contribution in [0.4, 0.5) is 9.52 Å². The normalized spacial score (nSPS) is 10.9. The molecule has 0 aliphatic carbocycles. The SMILES string of the molecule is CCCCOc1ccc(C(=O)N(CCCN(C)C)c2nc3ccc(F)cc3s2)cc1.Cl. The quantitative estimate of drug-likeness (QED) is 0.364. The van der Waals surface area contributed by atoms with Gasteiger partial charge in [0, 0.05) is 12.1 Å². The van der Waals surface area contributed by atoms with E-state index in [0.717, 1.165) is 36.3 Å². The number of fused-ring (bicyclic) bond motifs is 1. The number of carbonyl (C=O) groups is 1. The van der Waals surface area contributed by atoms with Crippen molar-refractivity contribution in [3.63, 3.8) is 0 Å². The van der Waals surface area contributed by atoms with Gasteiger partial charge in [0.2, 0.25) is 0 Å². The molecule has 5 nitrogen and oxygen atoms in total. The van der Waals surface area contributed by atoms with E-state index in [1.54, 1.807) is 23.1 Å². The maximum atomic E-state index is 13.6. The molecule has 0 saturated carbocycles. The number of unbranched alkanes of at least 4 members (excludes halogenated alkanes) is 1. The molecular weight excluding hydrogens is 437 g/mol. The maximum absolute atomic E-state index is 13.6. The Morgan fingerprint density at radius 2 is 1.84 bits per heavy atom. The van der Waals surface area contributed by atoms with E-state index in [4.69, 9.17) is 4.74 Å². The van der Waals surface area contributed by atoms with Crippen LogP contribution in [-0.4, -0.2) is 49.6 Å². The molecule has 0 fully saturated rings. The van der Waals surface area contributed by atoms with Crippen molar-refractivity contribution in [3.05, 3.63) is 53.8 Å². The van der Waals surface area contributed by atoms with Gasteiger partial charge in [0.15, 0.2) is 5.13 Å². The average Bonchev–Trinajstić information content (AvgIpc) is 3.14. The number of amides is 1. The van der Waals surface area contributed by atoms with Crippen LogP contribution < -0.4 is 9.64 Å². The Balaban J connectivity index is 0.00000341. The molecule has 1 heterocycles. The van der Waals surface area contributed by atoms with Gasteiger partial charge in [-0.1, -0.05) is 24.7 Å². The molecule has 8 heteroatoms. The van der Waals surface area contributed by atoms with Crippen LogP contribution in [0.2, 0.25) is 0 Å². The van der Waals surface area contributed by atoms with Gasteiger partial charge in [-0.15, -0.1) is 12.4 Å². The molecule has 0 spiro atoms. The van der Waals surface area contributed by atoms with Crippen molar-refractivity contribution in [2.75, 3.05) is 38.7 Å². The summed E-state index contributed by atoms with van der Waals surface area (Å²) in [6, 6.07) is 11.7. The monoisotopic (exact) mass is 465 g/mol. The lowest BCUT2D eigenvalue weighted by Crippen LogP contribution is -2.33. The van der Waals surface area contributed by atoms with Crippen molar-refractivity contribution >= 4 is 45.0 Å². The fourth-order valence-electron chi connectivity index (χ4n) is 3.01. The molecule has 0 aliphatic rings. The molecule has 0 atom stereocenters. The van der Waals surface area contributed by atoms with Gasteiger partial charge in [-0.25, -0.2) is 9.37 Å². The van der Waals surface area contributed by atoms with Crippen molar-refractivity contribution in [2.45, 2.75) is 26.2 Å². The Bertz CT molecular complexity index is 979. The summed E-state index contributed by atoms with van der Waals surface area (Å²) in [7, 11) is 4.01. The first-order valence-corrected chi connectivity index (χ1v) is 11.0. The van der Waals surface area contributed by atoms with Crippen LogP contribution in [0.3, 0.4) is 0 Å². The third-order valence-corrected chi connectivity index (χ3v) is 5.71. The van der Waals surface area contributed by atoms with E-state index in [-0.39, 0.29) is 24.1 Å². The molecule has 0 saturated heterocycles. The second-order valence-electron chi connectivity index (χ2n) is 7.45. The van der Waals surface area contributed by atoms with E-state index < -0.39 is 0 Å². The van der Waals surface area contributed by atoms with E-state index in [0.29, 0.717) is 29.4 Å². The maximum Gasteiger partial charge on any atom is 0.260 e. The number of nitrogens with zero attached hydrogens (tertiary/aromatic N) is 3. The number of rotatable bonds is 10. The Morgan fingerprint density at radius 3 is 2.52 bits per heavy atom. The number of halogens is 2. The molecule has 1 aromatic heterocycles. The molecule has 3 rings (SSSR count). The summed E-state index contributed by atoms with van der Waals surface area (Å²) in [5, 5.41) is 0.586. The van der Waals surface area contributed by atoms with Gasteiger partial charge in [-0.2, -0.15) is 0 Å². The number of aromatic nitrogens is 1. The fraction of sp³-hybridized carbons (Fsp3) is 0.391. The summed E-state index contributed by atoms with van der Waals surface area (Å²) >= 11 is 1.33. The van der Waals surface area contributed by atoms with Gasteiger partial charge < -0.3 is 9.64 Å². The predicted molar refractivity (Wildman–Crippen MR) is 129 cm³/mol. The van der Waals surface area contributed by atoms with E-state index in [1.807, 2.05) is 26.2 Å². The highest BCUT2D eigenvalue weighted by molar-refractivity contribution is 7.22. The highest BCUT2D eigenvalue weighted by Crippen LogP contribution is 2.30. The van der Waals surface area contributed by atoms with Gasteiger partial charge >= 0.3 is 0 Å². The lowest BCUT2D eigenvalue weighted by molar-refractivity contribution is 0.0986. The molecule has 3 aromatic rings. The summed E-state index contributed by atoms with van der Waals surface area (Å²) < 4.78 is 20.0. The number of anilines is 1. The minimum atomic E-state index is -0.304. The third-order valence-electron chi connectivity index (χ3n) is 4.67. The number of carbonyl (C=O) groups excluding carboxylic acids is 1. The molecule has 31 heavy (non-hydrogen) atoms.